The van der Waals surface area contributed by atoms with E-state index in [0.717, 1.165) is 6.92 Å². The van der Waals surface area contributed by atoms with Crippen LogP contribution in [0.3, 0.4) is 0 Å². The first-order valence-corrected chi connectivity index (χ1v) is 2.78. The molecule has 0 aromatic rings. The monoisotopic (exact) mass is 158 g/mol. The highest BCUT2D eigenvalue weighted by atomic mass is 16.7. The van der Waals surface area contributed by atoms with Crippen LogP contribution < -0.4 is 0 Å². The second-order valence-corrected chi connectivity index (χ2v) is 1.71. The van der Waals surface area contributed by atoms with Gasteiger partial charge in [0.1, 0.15) is 6.42 Å². The summed E-state index contributed by atoms with van der Waals surface area (Å²) < 4.78 is 4.19. The molecule has 0 fully saturated rings. The lowest BCUT2D eigenvalue weighted by Crippen LogP contribution is -2.22. The van der Waals surface area contributed by atoms with Crippen LogP contribution in [-0.2, 0) is 9.53 Å². The summed E-state index contributed by atoms with van der Waals surface area (Å²) in [5.74, 6) is -0.878. The molecule has 1 unspecified atom stereocenters. The number of carbonyl (C=O) groups is 1. The van der Waals surface area contributed by atoms with E-state index in [1.165, 1.54) is 6.07 Å². The standard InChI is InChI=1S/C5H6N2O4/c1-4(7(9)10)11-5(8)2-3-6/h4H,2H2,1H3. The maximum atomic E-state index is 10.4. The summed E-state index contributed by atoms with van der Waals surface area (Å²) >= 11 is 0. The van der Waals surface area contributed by atoms with Crippen molar-refractivity contribution in [3.05, 3.63) is 10.1 Å². The van der Waals surface area contributed by atoms with Crippen LogP contribution in [0.1, 0.15) is 13.3 Å². The van der Waals surface area contributed by atoms with E-state index in [2.05, 4.69) is 4.74 Å². The second kappa shape index (κ2) is 4.22. The molecule has 0 radical (unpaired) electrons. The van der Waals surface area contributed by atoms with Gasteiger partial charge < -0.3 is 4.74 Å². The maximum Gasteiger partial charge on any atom is 0.353 e. The van der Waals surface area contributed by atoms with Crippen LogP contribution >= 0.6 is 0 Å². The predicted octanol–water partition coefficient (Wildman–Crippen LogP) is 0.0660. The van der Waals surface area contributed by atoms with Gasteiger partial charge in [-0.2, -0.15) is 5.26 Å². The highest BCUT2D eigenvalue weighted by Gasteiger charge is 2.16. The van der Waals surface area contributed by atoms with E-state index in [0.29, 0.717) is 0 Å². The predicted molar refractivity (Wildman–Crippen MR) is 32.8 cm³/mol. The molecule has 0 N–H and O–H groups in total. The number of nitriles is 1. The maximum absolute atomic E-state index is 10.4. The largest absolute Gasteiger partial charge is 0.397 e. The average Bonchev–Trinajstić information content (AvgIpc) is 1.87. The summed E-state index contributed by atoms with van der Waals surface area (Å²) in [6, 6.07) is 1.51. The van der Waals surface area contributed by atoms with E-state index < -0.39 is 23.5 Å². The third-order valence-corrected chi connectivity index (χ3v) is 0.822. The van der Waals surface area contributed by atoms with Crippen molar-refractivity contribution in [1.82, 2.24) is 0 Å². The molecule has 6 heteroatoms. The van der Waals surface area contributed by atoms with E-state index in [1.54, 1.807) is 0 Å². The van der Waals surface area contributed by atoms with Crippen molar-refractivity contribution in [2.45, 2.75) is 19.6 Å². The van der Waals surface area contributed by atoms with E-state index >= 15 is 0 Å². The minimum Gasteiger partial charge on any atom is -0.397 e. The lowest BCUT2D eigenvalue weighted by atomic mass is 10.5. The van der Waals surface area contributed by atoms with Gasteiger partial charge in [-0.05, 0) is 0 Å². The highest BCUT2D eigenvalue weighted by molar-refractivity contribution is 5.71. The molecular weight excluding hydrogens is 152 g/mol. The van der Waals surface area contributed by atoms with Crippen molar-refractivity contribution in [3.63, 3.8) is 0 Å². The molecule has 0 aromatic carbocycles. The van der Waals surface area contributed by atoms with Crippen LogP contribution in [0.5, 0.6) is 0 Å². The fourth-order valence-electron chi connectivity index (χ4n) is 0.339. The van der Waals surface area contributed by atoms with Crippen LogP contribution in [-0.4, -0.2) is 17.1 Å². The van der Waals surface area contributed by atoms with Crippen LogP contribution in [0, 0.1) is 21.4 Å². The van der Waals surface area contributed by atoms with Gasteiger partial charge in [-0.25, -0.2) is 0 Å². The fourth-order valence-corrected chi connectivity index (χ4v) is 0.339. The molecule has 11 heavy (non-hydrogen) atoms. The number of nitrogens with zero attached hydrogens (tertiary/aromatic N) is 2. The summed E-state index contributed by atoms with van der Waals surface area (Å²) in [5, 5.41) is 17.9. The van der Waals surface area contributed by atoms with Crippen LogP contribution in [0.15, 0.2) is 0 Å². The zero-order valence-corrected chi connectivity index (χ0v) is 5.81. The Labute approximate surface area is 62.5 Å². The summed E-state index contributed by atoms with van der Waals surface area (Å²) in [6.45, 7) is 1.12. The Balaban J connectivity index is 3.77. The van der Waals surface area contributed by atoms with E-state index in [9.17, 15) is 14.9 Å². The van der Waals surface area contributed by atoms with E-state index in [4.69, 9.17) is 5.26 Å². The summed E-state index contributed by atoms with van der Waals surface area (Å²) in [7, 11) is 0. The Kier molecular flexibility index (Phi) is 3.59. The molecule has 1 atom stereocenters. The Bertz CT molecular complexity index is 207. The fraction of sp³-hybridized carbons (Fsp3) is 0.600. The molecule has 60 valence electrons. The van der Waals surface area contributed by atoms with Crippen LogP contribution in [0.2, 0.25) is 0 Å². The molecule has 0 rings (SSSR count). The third-order valence-electron chi connectivity index (χ3n) is 0.822. The van der Waals surface area contributed by atoms with Crippen LogP contribution in [0.25, 0.3) is 0 Å². The SMILES string of the molecule is CC(OC(=O)CC#N)[N+](=O)[O-]. The van der Waals surface area contributed by atoms with Crippen molar-refractivity contribution < 1.29 is 14.5 Å². The highest BCUT2D eigenvalue weighted by Crippen LogP contribution is 1.93. The Morgan fingerprint density at radius 3 is 2.82 bits per heavy atom. The molecule has 0 aliphatic rings. The lowest BCUT2D eigenvalue weighted by molar-refractivity contribution is -0.562. The van der Waals surface area contributed by atoms with Crippen molar-refractivity contribution in [3.8, 4) is 6.07 Å². The van der Waals surface area contributed by atoms with Gasteiger partial charge in [0.05, 0.1) is 11.0 Å². The second-order valence-electron chi connectivity index (χ2n) is 1.71. The molecule has 0 saturated heterocycles. The average molecular weight is 158 g/mol. The quantitative estimate of drug-likeness (QED) is 0.250. The smallest absolute Gasteiger partial charge is 0.353 e. The zero-order chi connectivity index (χ0) is 8.85. The van der Waals surface area contributed by atoms with Crippen molar-refractivity contribution in [2.24, 2.45) is 0 Å². The van der Waals surface area contributed by atoms with Gasteiger partial charge >= 0.3 is 12.2 Å². The summed E-state index contributed by atoms with van der Waals surface area (Å²) in [6.07, 6.45) is -1.84. The topological polar surface area (TPSA) is 93.2 Å². The van der Waals surface area contributed by atoms with E-state index in [1.807, 2.05) is 0 Å². The van der Waals surface area contributed by atoms with Gasteiger partial charge in [0.15, 0.2) is 0 Å². The Morgan fingerprint density at radius 2 is 2.45 bits per heavy atom. The van der Waals surface area contributed by atoms with Gasteiger partial charge in [0.25, 0.3) is 0 Å². The number of carbonyl (C=O) groups excluding carboxylic acids is 1. The number of rotatable bonds is 3. The third kappa shape index (κ3) is 3.86. The van der Waals surface area contributed by atoms with Gasteiger partial charge in [-0.15, -0.1) is 0 Å². The van der Waals surface area contributed by atoms with Gasteiger partial charge in [-0.3, -0.25) is 14.9 Å². The minimum atomic E-state index is -1.38. The van der Waals surface area contributed by atoms with E-state index in [-0.39, 0.29) is 0 Å². The van der Waals surface area contributed by atoms with Gasteiger partial charge in [0, 0.05) is 6.92 Å². The molecule has 0 bridgehead atoms. The zero-order valence-electron chi connectivity index (χ0n) is 5.81. The molecular formula is C5H6N2O4. The Morgan fingerprint density at radius 1 is 1.91 bits per heavy atom. The number of esters is 1. The first-order chi connectivity index (χ1) is 5.07. The lowest BCUT2D eigenvalue weighted by Gasteiger charge is -2.02. The van der Waals surface area contributed by atoms with Gasteiger partial charge in [0.2, 0.25) is 0 Å². The molecule has 6 nitrogen and oxygen atoms in total. The summed E-state index contributed by atoms with van der Waals surface area (Å²) in [4.78, 5) is 19.5. The molecule has 0 saturated carbocycles. The first-order valence-electron chi connectivity index (χ1n) is 2.78. The first kappa shape index (κ1) is 9.36. The number of hydrogen-bond donors (Lipinski definition) is 0. The molecule has 0 heterocycles. The van der Waals surface area contributed by atoms with Crippen molar-refractivity contribution >= 4 is 5.97 Å². The molecule has 0 aromatic heterocycles. The minimum absolute atomic E-state index is 0.460. The normalized spacial score (nSPS) is 11.3. The van der Waals surface area contributed by atoms with Crippen molar-refractivity contribution in [2.75, 3.05) is 0 Å². The Hall–Kier alpha value is -1.64. The molecule has 0 amide bonds. The molecule has 0 spiro atoms. The molecule has 0 aliphatic heterocycles. The van der Waals surface area contributed by atoms with Crippen LogP contribution in [0.4, 0.5) is 0 Å². The van der Waals surface area contributed by atoms with Gasteiger partial charge in [-0.1, -0.05) is 0 Å². The number of ether oxygens (including phenoxy) is 1. The molecule has 0 aliphatic carbocycles. The van der Waals surface area contributed by atoms with Crippen molar-refractivity contribution in [1.29, 1.82) is 5.26 Å². The number of hydrogen-bond acceptors (Lipinski definition) is 5. The number of nitro groups is 1. The summed E-state index contributed by atoms with van der Waals surface area (Å²) in [5.41, 5.74) is 0.